The average Bonchev–Trinajstić information content (AvgIpc) is 2.01. The van der Waals surface area contributed by atoms with Crippen molar-refractivity contribution in [1.29, 1.82) is 0 Å². The van der Waals surface area contributed by atoms with Crippen molar-refractivity contribution in [3.8, 4) is 0 Å². The van der Waals surface area contributed by atoms with Gasteiger partial charge in [-0.2, -0.15) is 0 Å². The number of nitrogens with two attached hydrogens (primary N) is 1. The second-order valence-corrected chi connectivity index (χ2v) is 2.36. The molecule has 0 fully saturated rings. The zero-order valence-electron chi connectivity index (χ0n) is 6.26. The Morgan fingerprint density at radius 2 is 2.36 bits per heavy atom. The quantitative estimate of drug-likeness (QED) is 0.708. The molecule has 3 heteroatoms. The van der Waals surface area contributed by atoms with Gasteiger partial charge in [0, 0.05) is 11.9 Å². The summed E-state index contributed by atoms with van der Waals surface area (Å²) in [4.78, 5) is 3.98. The molecule has 1 rings (SSSR count). The fourth-order valence-electron chi connectivity index (χ4n) is 0.869. The highest BCUT2D eigenvalue weighted by Gasteiger charge is 1.94. The standard InChI is InChI=1S/C8H11FN2/c9-7-3-5-11-8(6-7)2-1-4-10/h3,5-6H,1-2,4,10H2. The topological polar surface area (TPSA) is 38.9 Å². The van der Waals surface area contributed by atoms with Crippen LogP contribution in [0.1, 0.15) is 12.1 Å². The van der Waals surface area contributed by atoms with Crippen LogP contribution in [0.3, 0.4) is 0 Å². The highest BCUT2D eigenvalue weighted by atomic mass is 19.1. The summed E-state index contributed by atoms with van der Waals surface area (Å²) >= 11 is 0. The molecule has 0 saturated carbocycles. The van der Waals surface area contributed by atoms with Crippen molar-refractivity contribution in [2.75, 3.05) is 6.54 Å². The minimum absolute atomic E-state index is 0.230. The van der Waals surface area contributed by atoms with Gasteiger partial charge in [0.1, 0.15) is 5.82 Å². The van der Waals surface area contributed by atoms with Crippen LogP contribution in [0, 0.1) is 5.82 Å². The number of pyridine rings is 1. The maximum Gasteiger partial charge on any atom is 0.126 e. The summed E-state index contributed by atoms with van der Waals surface area (Å²) in [6.07, 6.45) is 3.09. The molecule has 1 heterocycles. The van der Waals surface area contributed by atoms with Crippen molar-refractivity contribution >= 4 is 0 Å². The molecule has 0 aliphatic heterocycles. The Hall–Kier alpha value is -0.960. The predicted octanol–water partition coefficient (Wildman–Crippen LogP) is 1.11. The van der Waals surface area contributed by atoms with Gasteiger partial charge < -0.3 is 5.73 Å². The summed E-state index contributed by atoms with van der Waals surface area (Å²) in [5, 5.41) is 0. The van der Waals surface area contributed by atoms with E-state index in [1.807, 2.05) is 0 Å². The maximum atomic E-state index is 12.5. The largest absolute Gasteiger partial charge is 0.330 e. The molecule has 2 N–H and O–H groups in total. The Morgan fingerprint density at radius 1 is 1.55 bits per heavy atom. The van der Waals surface area contributed by atoms with Gasteiger partial charge in [0.15, 0.2) is 0 Å². The van der Waals surface area contributed by atoms with Gasteiger partial charge in [0.05, 0.1) is 0 Å². The molecule has 0 saturated heterocycles. The van der Waals surface area contributed by atoms with Crippen LogP contribution in [0.5, 0.6) is 0 Å². The van der Waals surface area contributed by atoms with Crippen molar-refractivity contribution in [2.45, 2.75) is 12.8 Å². The Balaban J connectivity index is 2.56. The van der Waals surface area contributed by atoms with Crippen LogP contribution in [0.4, 0.5) is 4.39 Å². The smallest absolute Gasteiger partial charge is 0.126 e. The molecule has 0 amide bonds. The van der Waals surface area contributed by atoms with Crippen molar-refractivity contribution in [1.82, 2.24) is 4.98 Å². The molecule has 1 aromatic heterocycles. The summed E-state index contributed by atoms with van der Waals surface area (Å²) < 4.78 is 12.5. The lowest BCUT2D eigenvalue weighted by Crippen LogP contribution is -2.01. The van der Waals surface area contributed by atoms with E-state index in [1.165, 1.54) is 18.3 Å². The molecular weight excluding hydrogens is 143 g/mol. The van der Waals surface area contributed by atoms with Crippen molar-refractivity contribution in [2.24, 2.45) is 5.73 Å². The minimum Gasteiger partial charge on any atom is -0.330 e. The average molecular weight is 154 g/mol. The van der Waals surface area contributed by atoms with E-state index in [9.17, 15) is 4.39 Å². The highest BCUT2D eigenvalue weighted by Crippen LogP contribution is 2.01. The molecular formula is C8H11FN2. The Kier molecular flexibility index (Phi) is 2.98. The summed E-state index contributed by atoms with van der Waals surface area (Å²) in [6.45, 7) is 0.623. The van der Waals surface area contributed by atoms with E-state index in [-0.39, 0.29) is 5.82 Å². The van der Waals surface area contributed by atoms with E-state index in [2.05, 4.69) is 4.98 Å². The van der Waals surface area contributed by atoms with Gasteiger partial charge in [-0.25, -0.2) is 4.39 Å². The number of hydrogen-bond acceptors (Lipinski definition) is 2. The Morgan fingerprint density at radius 3 is 3.00 bits per heavy atom. The van der Waals surface area contributed by atoms with E-state index in [0.717, 1.165) is 18.5 Å². The van der Waals surface area contributed by atoms with E-state index in [4.69, 9.17) is 5.73 Å². The number of hydrogen-bond donors (Lipinski definition) is 1. The van der Waals surface area contributed by atoms with Crippen LogP contribution in [-0.2, 0) is 6.42 Å². The summed E-state index contributed by atoms with van der Waals surface area (Å²) in [7, 11) is 0. The molecule has 2 nitrogen and oxygen atoms in total. The fourth-order valence-corrected chi connectivity index (χ4v) is 0.869. The van der Waals surface area contributed by atoms with Crippen LogP contribution in [0.25, 0.3) is 0 Å². The fraction of sp³-hybridized carbons (Fsp3) is 0.375. The second kappa shape index (κ2) is 4.03. The summed E-state index contributed by atoms with van der Waals surface area (Å²) in [5.41, 5.74) is 6.07. The van der Waals surface area contributed by atoms with Crippen molar-refractivity contribution < 1.29 is 4.39 Å². The number of rotatable bonds is 3. The predicted molar refractivity (Wildman–Crippen MR) is 41.6 cm³/mol. The van der Waals surface area contributed by atoms with Crippen molar-refractivity contribution in [3.05, 3.63) is 29.8 Å². The lowest BCUT2D eigenvalue weighted by atomic mass is 10.2. The van der Waals surface area contributed by atoms with Gasteiger partial charge in [0.2, 0.25) is 0 Å². The lowest BCUT2D eigenvalue weighted by molar-refractivity contribution is 0.620. The van der Waals surface area contributed by atoms with Crippen molar-refractivity contribution in [3.63, 3.8) is 0 Å². The van der Waals surface area contributed by atoms with Gasteiger partial charge >= 0.3 is 0 Å². The highest BCUT2D eigenvalue weighted by molar-refractivity contribution is 5.05. The first-order chi connectivity index (χ1) is 5.33. The van der Waals surface area contributed by atoms with Crippen LogP contribution >= 0.6 is 0 Å². The third-order valence-corrected chi connectivity index (χ3v) is 1.42. The first kappa shape index (κ1) is 8.14. The van der Waals surface area contributed by atoms with Gasteiger partial charge in [-0.05, 0) is 31.5 Å². The van der Waals surface area contributed by atoms with Crippen LogP contribution in [0.2, 0.25) is 0 Å². The molecule has 0 aliphatic carbocycles. The van der Waals surface area contributed by atoms with Crippen LogP contribution in [-0.4, -0.2) is 11.5 Å². The number of aryl methyl sites for hydroxylation is 1. The SMILES string of the molecule is NCCCc1cc(F)ccn1. The zero-order valence-corrected chi connectivity index (χ0v) is 6.26. The number of halogens is 1. The lowest BCUT2D eigenvalue weighted by Gasteiger charge is -1.97. The van der Waals surface area contributed by atoms with Crippen LogP contribution in [0.15, 0.2) is 18.3 Å². The number of aromatic nitrogens is 1. The first-order valence-corrected chi connectivity index (χ1v) is 3.63. The molecule has 0 atom stereocenters. The third kappa shape index (κ3) is 2.63. The molecule has 0 aliphatic rings. The molecule has 60 valence electrons. The second-order valence-electron chi connectivity index (χ2n) is 2.36. The molecule has 11 heavy (non-hydrogen) atoms. The number of nitrogens with zero attached hydrogens (tertiary/aromatic N) is 1. The molecule has 0 radical (unpaired) electrons. The molecule has 0 aromatic carbocycles. The summed E-state index contributed by atoms with van der Waals surface area (Å²) in [5.74, 6) is -0.230. The molecule has 0 unspecified atom stereocenters. The zero-order chi connectivity index (χ0) is 8.10. The van der Waals surface area contributed by atoms with Gasteiger partial charge in [0.25, 0.3) is 0 Å². The van der Waals surface area contributed by atoms with Gasteiger partial charge in [-0.3, -0.25) is 4.98 Å². The van der Waals surface area contributed by atoms with Crippen LogP contribution < -0.4 is 5.73 Å². The summed E-state index contributed by atoms with van der Waals surface area (Å²) in [6, 6.07) is 2.78. The van der Waals surface area contributed by atoms with Gasteiger partial charge in [-0.15, -0.1) is 0 Å². The van der Waals surface area contributed by atoms with E-state index in [0.29, 0.717) is 6.54 Å². The molecule has 0 spiro atoms. The third-order valence-electron chi connectivity index (χ3n) is 1.42. The van der Waals surface area contributed by atoms with E-state index < -0.39 is 0 Å². The maximum absolute atomic E-state index is 12.5. The molecule has 1 aromatic rings. The van der Waals surface area contributed by atoms with E-state index >= 15 is 0 Å². The first-order valence-electron chi connectivity index (χ1n) is 3.63. The van der Waals surface area contributed by atoms with E-state index in [1.54, 1.807) is 0 Å². The Labute approximate surface area is 65.3 Å². The Bertz CT molecular complexity index is 225. The minimum atomic E-state index is -0.230. The normalized spacial score (nSPS) is 10.0. The monoisotopic (exact) mass is 154 g/mol. The van der Waals surface area contributed by atoms with Gasteiger partial charge in [-0.1, -0.05) is 0 Å². The molecule has 0 bridgehead atoms.